The fraction of sp³-hybridized carbons (Fsp3) is 0.233. The van der Waals surface area contributed by atoms with Gasteiger partial charge in [0, 0.05) is 11.3 Å². The molecule has 1 atom stereocenters. The van der Waals surface area contributed by atoms with E-state index in [1.807, 2.05) is 13.8 Å². The number of carbonyl (C=O) groups excluding carboxylic acids is 3. The molecule has 0 aliphatic carbocycles. The lowest BCUT2D eigenvalue weighted by Crippen LogP contribution is -2.29. The number of hydrogen-bond acceptors (Lipinski definition) is 7. The van der Waals surface area contributed by atoms with Gasteiger partial charge in [0.1, 0.15) is 17.3 Å². The maximum atomic E-state index is 13.4. The van der Waals surface area contributed by atoms with Gasteiger partial charge in [-0.15, -0.1) is 0 Å². The van der Waals surface area contributed by atoms with E-state index in [0.717, 1.165) is 5.56 Å². The van der Waals surface area contributed by atoms with Crippen LogP contribution in [0.1, 0.15) is 46.9 Å². The number of esters is 1. The number of ketones is 1. The first-order valence-electron chi connectivity index (χ1n) is 12.3. The van der Waals surface area contributed by atoms with Crippen molar-refractivity contribution < 1.29 is 33.7 Å². The largest absolute Gasteiger partial charge is 0.507 e. The minimum Gasteiger partial charge on any atom is -0.507 e. The molecule has 3 aromatic carbocycles. The van der Waals surface area contributed by atoms with Crippen molar-refractivity contribution in [3.63, 3.8) is 0 Å². The second-order valence-electron chi connectivity index (χ2n) is 8.63. The van der Waals surface area contributed by atoms with E-state index >= 15 is 0 Å². The molecule has 1 fully saturated rings. The summed E-state index contributed by atoms with van der Waals surface area (Å²) in [6.07, 6.45) is 0. The number of aliphatic hydroxyl groups is 1. The third kappa shape index (κ3) is 4.98. The van der Waals surface area contributed by atoms with E-state index < -0.39 is 23.7 Å². The highest BCUT2D eigenvalue weighted by Crippen LogP contribution is 2.43. The topological polar surface area (TPSA) is 102 Å². The van der Waals surface area contributed by atoms with Crippen molar-refractivity contribution in [1.29, 1.82) is 0 Å². The normalized spacial score (nSPS) is 16.4. The van der Waals surface area contributed by atoms with E-state index in [2.05, 4.69) is 0 Å². The number of aliphatic hydroxyl groups excluding tert-OH is 1. The van der Waals surface area contributed by atoms with Gasteiger partial charge in [-0.3, -0.25) is 14.5 Å². The highest BCUT2D eigenvalue weighted by molar-refractivity contribution is 6.51. The predicted molar refractivity (Wildman–Crippen MR) is 143 cm³/mol. The van der Waals surface area contributed by atoms with Crippen LogP contribution in [0.25, 0.3) is 5.76 Å². The van der Waals surface area contributed by atoms with Crippen molar-refractivity contribution in [1.82, 2.24) is 0 Å². The Kier molecular flexibility index (Phi) is 7.81. The van der Waals surface area contributed by atoms with Gasteiger partial charge < -0.3 is 19.3 Å². The lowest BCUT2D eigenvalue weighted by atomic mass is 9.94. The first kappa shape index (κ1) is 26.5. The zero-order valence-electron chi connectivity index (χ0n) is 21.7. The van der Waals surface area contributed by atoms with Crippen LogP contribution in [-0.4, -0.2) is 43.1 Å². The van der Waals surface area contributed by atoms with Crippen LogP contribution in [-0.2, 0) is 14.3 Å². The van der Waals surface area contributed by atoms with E-state index in [1.165, 1.54) is 24.1 Å². The lowest BCUT2D eigenvalue weighted by molar-refractivity contribution is -0.132. The van der Waals surface area contributed by atoms with Gasteiger partial charge in [-0.1, -0.05) is 12.1 Å². The van der Waals surface area contributed by atoms with Crippen LogP contribution in [0.4, 0.5) is 5.69 Å². The van der Waals surface area contributed by atoms with Crippen LogP contribution in [0, 0.1) is 6.92 Å². The Balaban J connectivity index is 1.87. The molecule has 38 heavy (non-hydrogen) atoms. The number of amides is 1. The molecule has 1 heterocycles. The van der Waals surface area contributed by atoms with E-state index in [9.17, 15) is 19.5 Å². The number of ether oxygens (including phenoxy) is 3. The van der Waals surface area contributed by atoms with Crippen molar-refractivity contribution in [2.24, 2.45) is 0 Å². The highest BCUT2D eigenvalue weighted by atomic mass is 16.5. The minimum absolute atomic E-state index is 0.0544. The molecule has 1 unspecified atom stereocenters. The molecule has 1 saturated heterocycles. The third-order valence-electron chi connectivity index (χ3n) is 6.26. The van der Waals surface area contributed by atoms with Gasteiger partial charge in [0.05, 0.1) is 37.5 Å². The fourth-order valence-electron chi connectivity index (χ4n) is 4.47. The number of methoxy groups -OCH3 is 1. The Hall–Kier alpha value is -4.59. The molecule has 0 saturated carbocycles. The number of rotatable bonds is 8. The van der Waals surface area contributed by atoms with Gasteiger partial charge in [-0.05, 0) is 86.5 Å². The Morgan fingerprint density at radius 3 is 2.29 bits per heavy atom. The Morgan fingerprint density at radius 2 is 1.66 bits per heavy atom. The van der Waals surface area contributed by atoms with Gasteiger partial charge in [-0.2, -0.15) is 0 Å². The van der Waals surface area contributed by atoms with Gasteiger partial charge in [-0.25, -0.2) is 4.79 Å². The molecule has 1 aliphatic heterocycles. The monoisotopic (exact) mass is 515 g/mol. The molecule has 1 aliphatic rings. The van der Waals surface area contributed by atoms with Crippen molar-refractivity contribution >= 4 is 29.1 Å². The zero-order valence-corrected chi connectivity index (χ0v) is 21.7. The van der Waals surface area contributed by atoms with Crippen LogP contribution >= 0.6 is 0 Å². The molecule has 0 bridgehead atoms. The molecule has 3 aromatic rings. The standard InChI is InChI=1S/C30H29NO7/c1-5-37-24-15-12-21(16-18(24)3)27(32)25-26(20-8-7-9-23(17-20)36-4)31(29(34)28(25)33)22-13-10-19(11-14-22)30(35)38-6-2/h7-17,26,32H,5-6H2,1-4H3/b27-25-. The second kappa shape index (κ2) is 11.2. The summed E-state index contributed by atoms with van der Waals surface area (Å²) in [5.41, 5.74) is 2.38. The van der Waals surface area contributed by atoms with Crippen molar-refractivity contribution in [3.05, 3.63) is 94.6 Å². The molecular formula is C30H29NO7. The number of anilines is 1. The van der Waals surface area contributed by atoms with E-state index in [4.69, 9.17) is 14.2 Å². The molecular weight excluding hydrogens is 486 g/mol. The number of benzene rings is 3. The molecule has 1 N–H and O–H groups in total. The summed E-state index contributed by atoms with van der Waals surface area (Å²) in [4.78, 5) is 40.3. The van der Waals surface area contributed by atoms with Crippen LogP contribution < -0.4 is 14.4 Å². The molecule has 8 heteroatoms. The maximum absolute atomic E-state index is 13.4. The van der Waals surface area contributed by atoms with Crippen molar-refractivity contribution in [2.45, 2.75) is 26.8 Å². The molecule has 196 valence electrons. The van der Waals surface area contributed by atoms with Crippen LogP contribution in [0.15, 0.2) is 72.3 Å². The molecule has 0 aromatic heterocycles. The smallest absolute Gasteiger partial charge is 0.338 e. The average Bonchev–Trinajstić information content (AvgIpc) is 3.19. The fourth-order valence-corrected chi connectivity index (χ4v) is 4.47. The van der Waals surface area contributed by atoms with Crippen LogP contribution in [0.2, 0.25) is 0 Å². The first-order valence-corrected chi connectivity index (χ1v) is 12.3. The van der Waals surface area contributed by atoms with Gasteiger partial charge in [0.2, 0.25) is 0 Å². The van der Waals surface area contributed by atoms with Gasteiger partial charge >= 0.3 is 5.97 Å². The summed E-state index contributed by atoms with van der Waals surface area (Å²) < 4.78 is 16.0. The Labute approximate surface area is 221 Å². The minimum atomic E-state index is -0.939. The molecule has 8 nitrogen and oxygen atoms in total. The SMILES string of the molecule is CCOC(=O)c1ccc(N2C(=O)C(=O)/C(=C(\O)c3ccc(OCC)c(C)c3)C2c2cccc(OC)c2)cc1. The van der Waals surface area contributed by atoms with E-state index in [-0.39, 0.29) is 17.9 Å². The Morgan fingerprint density at radius 1 is 0.947 bits per heavy atom. The van der Waals surface area contributed by atoms with Gasteiger partial charge in [0.15, 0.2) is 0 Å². The number of hydrogen-bond donors (Lipinski definition) is 1. The quantitative estimate of drug-likeness (QED) is 0.190. The summed E-state index contributed by atoms with van der Waals surface area (Å²) in [7, 11) is 1.52. The maximum Gasteiger partial charge on any atom is 0.338 e. The zero-order chi connectivity index (χ0) is 27.4. The molecule has 1 amide bonds. The molecule has 0 radical (unpaired) electrons. The summed E-state index contributed by atoms with van der Waals surface area (Å²) >= 11 is 0. The molecule has 4 rings (SSSR count). The number of carbonyl (C=O) groups is 3. The summed E-state index contributed by atoms with van der Waals surface area (Å²) in [5.74, 6) is -1.22. The van der Waals surface area contributed by atoms with Gasteiger partial charge in [0.25, 0.3) is 11.7 Å². The first-order chi connectivity index (χ1) is 18.3. The van der Waals surface area contributed by atoms with Crippen LogP contribution in [0.5, 0.6) is 11.5 Å². The summed E-state index contributed by atoms with van der Waals surface area (Å²) in [5, 5.41) is 11.4. The summed E-state index contributed by atoms with van der Waals surface area (Å²) in [6.45, 7) is 6.15. The second-order valence-corrected chi connectivity index (χ2v) is 8.63. The highest BCUT2D eigenvalue weighted by Gasteiger charge is 2.47. The summed E-state index contributed by atoms with van der Waals surface area (Å²) in [6, 6.07) is 17.3. The average molecular weight is 516 g/mol. The molecule has 0 spiro atoms. The van der Waals surface area contributed by atoms with Crippen LogP contribution in [0.3, 0.4) is 0 Å². The van der Waals surface area contributed by atoms with E-state index in [1.54, 1.807) is 61.5 Å². The number of nitrogens with zero attached hydrogens (tertiary/aromatic N) is 1. The number of aryl methyl sites for hydroxylation is 1. The predicted octanol–water partition coefficient (Wildman–Crippen LogP) is 5.21. The van der Waals surface area contributed by atoms with E-state index in [0.29, 0.717) is 40.5 Å². The number of Topliss-reactive ketones (excluding diaryl/α,β-unsaturated/α-hetero) is 1. The van der Waals surface area contributed by atoms with Crippen molar-refractivity contribution in [3.8, 4) is 11.5 Å². The Bertz CT molecular complexity index is 1410. The van der Waals surface area contributed by atoms with Crippen molar-refractivity contribution in [2.75, 3.05) is 25.2 Å². The third-order valence-corrected chi connectivity index (χ3v) is 6.26. The lowest BCUT2D eigenvalue weighted by Gasteiger charge is -2.26.